The SMILES string of the molecule is Cc1cccc(NC(=O)CSc2nnc3[nH]c(=O)c(C)nn23)c1C. The van der Waals surface area contributed by atoms with Crippen LogP contribution in [-0.2, 0) is 4.79 Å². The first kappa shape index (κ1) is 16.2. The Morgan fingerprint density at radius 2 is 2.08 bits per heavy atom. The molecular formula is C15H16N6O2S. The van der Waals surface area contributed by atoms with Crippen LogP contribution in [0.2, 0.25) is 0 Å². The number of fused-ring (bicyclic) bond motifs is 1. The Bertz CT molecular complexity index is 978. The summed E-state index contributed by atoms with van der Waals surface area (Å²) in [5.41, 5.74) is 2.96. The first-order valence-corrected chi connectivity index (χ1v) is 8.25. The van der Waals surface area contributed by atoms with Crippen molar-refractivity contribution < 1.29 is 4.79 Å². The fourth-order valence-electron chi connectivity index (χ4n) is 2.11. The number of benzene rings is 1. The summed E-state index contributed by atoms with van der Waals surface area (Å²) < 4.78 is 1.42. The van der Waals surface area contributed by atoms with E-state index >= 15 is 0 Å². The molecule has 0 atom stereocenters. The van der Waals surface area contributed by atoms with Crippen molar-refractivity contribution in [3.8, 4) is 0 Å². The van der Waals surface area contributed by atoms with Crippen molar-refractivity contribution in [1.29, 1.82) is 0 Å². The first-order chi connectivity index (χ1) is 11.5. The van der Waals surface area contributed by atoms with E-state index in [9.17, 15) is 9.59 Å². The molecule has 124 valence electrons. The van der Waals surface area contributed by atoms with Crippen molar-refractivity contribution in [1.82, 2.24) is 24.8 Å². The maximum Gasteiger partial charge on any atom is 0.273 e. The molecule has 1 amide bonds. The van der Waals surface area contributed by atoms with Crippen LogP contribution in [0.1, 0.15) is 16.8 Å². The molecule has 24 heavy (non-hydrogen) atoms. The van der Waals surface area contributed by atoms with E-state index in [1.807, 2.05) is 32.0 Å². The minimum atomic E-state index is -0.306. The van der Waals surface area contributed by atoms with Gasteiger partial charge in [-0.05, 0) is 38.0 Å². The van der Waals surface area contributed by atoms with Gasteiger partial charge in [0.25, 0.3) is 11.3 Å². The number of H-pyrrole nitrogens is 1. The van der Waals surface area contributed by atoms with E-state index in [1.165, 1.54) is 16.3 Å². The van der Waals surface area contributed by atoms with Crippen LogP contribution < -0.4 is 10.9 Å². The average Bonchev–Trinajstić information content (AvgIpc) is 2.92. The number of thioether (sulfide) groups is 1. The first-order valence-electron chi connectivity index (χ1n) is 7.27. The summed E-state index contributed by atoms with van der Waals surface area (Å²) >= 11 is 1.20. The minimum absolute atomic E-state index is 0.147. The number of aromatic amines is 1. The van der Waals surface area contributed by atoms with Crippen LogP contribution in [-0.4, -0.2) is 36.5 Å². The molecule has 2 aromatic heterocycles. The van der Waals surface area contributed by atoms with Gasteiger partial charge in [0.05, 0.1) is 5.75 Å². The summed E-state index contributed by atoms with van der Waals surface area (Å²) in [6.07, 6.45) is 0. The Morgan fingerprint density at radius 1 is 1.29 bits per heavy atom. The van der Waals surface area contributed by atoms with Crippen LogP contribution >= 0.6 is 11.8 Å². The number of carbonyl (C=O) groups excluding carboxylic acids is 1. The highest BCUT2D eigenvalue weighted by Gasteiger charge is 2.13. The summed E-state index contributed by atoms with van der Waals surface area (Å²) in [4.78, 5) is 26.2. The van der Waals surface area contributed by atoms with E-state index in [-0.39, 0.29) is 23.0 Å². The Morgan fingerprint density at radius 3 is 2.88 bits per heavy atom. The number of aryl methyl sites for hydroxylation is 2. The molecule has 9 heteroatoms. The van der Waals surface area contributed by atoms with Gasteiger partial charge in [-0.1, -0.05) is 23.9 Å². The average molecular weight is 344 g/mol. The highest BCUT2D eigenvalue weighted by molar-refractivity contribution is 7.99. The van der Waals surface area contributed by atoms with Crippen molar-refractivity contribution in [2.75, 3.05) is 11.1 Å². The summed E-state index contributed by atoms with van der Waals surface area (Å²) in [6.45, 7) is 5.56. The third-order valence-corrected chi connectivity index (χ3v) is 4.55. The Kier molecular flexibility index (Phi) is 4.34. The molecule has 0 radical (unpaired) electrons. The molecule has 0 fully saturated rings. The van der Waals surface area contributed by atoms with Crippen molar-refractivity contribution >= 4 is 29.1 Å². The van der Waals surface area contributed by atoms with Gasteiger partial charge in [-0.15, -0.1) is 10.2 Å². The lowest BCUT2D eigenvalue weighted by Crippen LogP contribution is -2.17. The predicted octanol–water partition coefficient (Wildman–Crippen LogP) is 1.47. The molecule has 0 saturated carbocycles. The Hall–Kier alpha value is -2.68. The molecule has 1 aromatic carbocycles. The van der Waals surface area contributed by atoms with Gasteiger partial charge in [0.1, 0.15) is 5.69 Å². The molecule has 0 aliphatic heterocycles. The molecular weight excluding hydrogens is 328 g/mol. The maximum atomic E-state index is 12.2. The van der Waals surface area contributed by atoms with Crippen LogP contribution in [0.25, 0.3) is 5.78 Å². The molecule has 8 nitrogen and oxygen atoms in total. The van der Waals surface area contributed by atoms with Crippen molar-refractivity contribution in [2.24, 2.45) is 0 Å². The number of anilines is 1. The van der Waals surface area contributed by atoms with E-state index in [1.54, 1.807) is 6.92 Å². The van der Waals surface area contributed by atoms with E-state index in [0.29, 0.717) is 10.9 Å². The van der Waals surface area contributed by atoms with Gasteiger partial charge in [0.15, 0.2) is 0 Å². The fourth-order valence-corrected chi connectivity index (χ4v) is 2.79. The molecule has 2 N–H and O–H groups in total. The fraction of sp³-hybridized carbons (Fsp3) is 0.267. The highest BCUT2D eigenvalue weighted by atomic mass is 32.2. The summed E-state index contributed by atoms with van der Waals surface area (Å²) in [6, 6.07) is 5.77. The van der Waals surface area contributed by atoms with Crippen LogP contribution in [0.3, 0.4) is 0 Å². The Labute approximate surface area is 141 Å². The van der Waals surface area contributed by atoms with Crippen LogP contribution in [0.5, 0.6) is 0 Å². The standard InChI is InChI=1S/C15H16N6O2S/c1-8-5-4-6-11(9(8)2)16-12(22)7-24-15-19-18-14-17-13(23)10(3)20-21(14)15/h4-6H,7H2,1-3H3,(H,16,22)(H,17,18,23). The van der Waals surface area contributed by atoms with Gasteiger partial charge in [0.2, 0.25) is 11.1 Å². The van der Waals surface area contributed by atoms with Crippen LogP contribution in [0.15, 0.2) is 28.2 Å². The number of amides is 1. The molecule has 0 spiro atoms. The predicted molar refractivity (Wildman–Crippen MR) is 91.4 cm³/mol. The number of hydrogen-bond donors (Lipinski definition) is 2. The van der Waals surface area contributed by atoms with Gasteiger partial charge < -0.3 is 5.32 Å². The second-order valence-electron chi connectivity index (χ2n) is 5.34. The monoisotopic (exact) mass is 344 g/mol. The molecule has 0 saturated heterocycles. The van der Waals surface area contributed by atoms with Gasteiger partial charge in [-0.3, -0.25) is 14.6 Å². The van der Waals surface area contributed by atoms with Crippen molar-refractivity contribution in [3.05, 3.63) is 45.4 Å². The molecule has 2 heterocycles. The zero-order chi connectivity index (χ0) is 17.3. The van der Waals surface area contributed by atoms with Gasteiger partial charge in [0, 0.05) is 5.69 Å². The van der Waals surface area contributed by atoms with E-state index in [4.69, 9.17) is 0 Å². The Balaban J connectivity index is 1.72. The summed E-state index contributed by atoms with van der Waals surface area (Å²) in [5, 5.41) is 15.3. The van der Waals surface area contributed by atoms with Gasteiger partial charge in [-0.25, -0.2) is 0 Å². The van der Waals surface area contributed by atoms with Crippen molar-refractivity contribution in [2.45, 2.75) is 25.9 Å². The second kappa shape index (κ2) is 6.44. The zero-order valence-corrected chi connectivity index (χ0v) is 14.3. The van der Waals surface area contributed by atoms with E-state index < -0.39 is 0 Å². The molecule has 0 aliphatic carbocycles. The normalized spacial score (nSPS) is 11.0. The van der Waals surface area contributed by atoms with Gasteiger partial charge in [-0.2, -0.15) is 9.61 Å². The lowest BCUT2D eigenvalue weighted by molar-refractivity contribution is -0.113. The number of carbonyl (C=O) groups is 1. The lowest BCUT2D eigenvalue weighted by atomic mass is 10.1. The molecule has 3 rings (SSSR count). The summed E-state index contributed by atoms with van der Waals surface area (Å²) in [5.74, 6) is 0.267. The smallest absolute Gasteiger partial charge is 0.273 e. The van der Waals surface area contributed by atoms with Crippen molar-refractivity contribution in [3.63, 3.8) is 0 Å². The van der Waals surface area contributed by atoms with E-state index in [0.717, 1.165) is 16.8 Å². The largest absolute Gasteiger partial charge is 0.325 e. The second-order valence-corrected chi connectivity index (χ2v) is 6.28. The topological polar surface area (TPSA) is 105 Å². The van der Waals surface area contributed by atoms with E-state index in [2.05, 4.69) is 25.6 Å². The number of nitrogens with zero attached hydrogens (tertiary/aromatic N) is 4. The number of hydrogen-bond acceptors (Lipinski definition) is 6. The molecule has 0 bridgehead atoms. The van der Waals surface area contributed by atoms with Crippen LogP contribution in [0.4, 0.5) is 5.69 Å². The van der Waals surface area contributed by atoms with Crippen LogP contribution in [0, 0.1) is 20.8 Å². The third kappa shape index (κ3) is 3.16. The number of rotatable bonds is 4. The quantitative estimate of drug-likeness (QED) is 0.694. The minimum Gasteiger partial charge on any atom is -0.325 e. The van der Waals surface area contributed by atoms with Gasteiger partial charge >= 0.3 is 0 Å². The lowest BCUT2D eigenvalue weighted by Gasteiger charge is -2.09. The molecule has 3 aromatic rings. The number of aromatic nitrogens is 5. The third-order valence-electron chi connectivity index (χ3n) is 3.63. The zero-order valence-electron chi connectivity index (χ0n) is 13.5. The number of nitrogens with one attached hydrogen (secondary N) is 2. The summed E-state index contributed by atoms with van der Waals surface area (Å²) in [7, 11) is 0. The molecule has 0 aliphatic rings. The maximum absolute atomic E-state index is 12.2. The molecule has 0 unspecified atom stereocenters. The highest BCUT2D eigenvalue weighted by Crippen LogP contribution is 2.19.